The molecule has 0 bridgehead atoms. The molecule has 0 N–H and O–H groups in total. The predicted octanol–water partition coefficient (Wildman–Crippen LogP) is 2.68. The van der Waals surface area contributed by atoms with Crippen molar-refractivity contribution >= 4 is 38.9 Å². The molecule has 2 aromatic heterocycles. The second-order valence-corrected chi connectivity index (χ2v) is 7.24. The van der Waals surface area contributed by atoms with Gasteiger partial charge < -0.3 is 9.47 Å². The van der Waals surface area contributed by atoms with Crippen molar-refractivity contribution in [3.05, 3.63) is 38.7 Å². The number of rotatable bonds is 4. The number of fused-ring (bicyclic) bond motifs is 1. The van der Waals surface area contributed by atoms with Crippen molar-refractivity contribution in [2.45, 2.75) is 39.8 Å². The van der Waals surface area contributed by atoms with E-state index in [2.05, 4.69) is 20.9 Å². The molecule has 0 fully saturated rings. The number of carbonyl (C=O) groups is 2. The van der Waals surface area contributed by atoms with Gasteiger partial charge in [-0.2, -0.15) is 0 Å². The zero-order valence-electron chi connectivity index (χ0n) is 14.5. The molecule has 2 rings (SSSR count). The highest BCUT2D eigenvalue weighted by molar-refractivity contribution is 9.10. The fraction of sp³-hybridized carbons (Fsp3) is 0.412. The number of ether oxygens (including phenoxy) is 2. The summed E-state index contributed by atoms with van der Waals surface area (Å²) in [5.41, 5.74) is -1.21. The summed E-state index contributed by atoms with van der Waals surface area (Å²) in [7, 11) is 0. The van der Waals surface area contributed by atoms with E-state index in [0.29, 0.717) is 9.86 Å². The van der Waals surface area contributed by atoms with Crippen LogP contribution in [0.2, 0.25) is 0 Å². The first-order valence-corrected chi connectivity index (χ1v) is 8.49. The topological polar surface area (TPSA) is 87.5 Å². The fourth-order valence-electron chi connectivity index (χ4n) is 2.24. The van der Waals surface area contributed by atoms with Crippen LogP contribution in [0, 0.1) is 0 Å². The molecule has 0 saturated carbocycles. The minimum Gasteiger partial charge on any atom is -0.462 e. The van der Waals surface area contributed by atoms with E-state index in [9.17, 15) is 14.4 Å². The van der Waals surface area contributed by atoms with E-state index in [1.807, 2.05) is 0 Å². The largest absolute Gasteiger partial charge is 0.462 e. The summed E-state index contributed by atoms with van der Waals surface area (Å²) >= 11 is 3.30. The molecule has 0 aliphatic carbocycles. The van der Waals surface area contributed by atoms with Gasteiger partial charge in [0.2, 0.25) is 0 Å². The molecule has 8 heteroatoms. The van der Waals surface area contributed by atoms with Crippen LogP contribution in [-0.4, -0.2) is 33.7 Å². The highest BCUT2D eigenvalue weighted by Gasteiger charge is 2.22. The first-order valence-electron chi connectivity index (χ1n) is 7.70. The third-order valence-electron chi connectivity index (χ3n) is 3.10. The summed E-state index contributed by atoms with van der Waals surface area (Å²) in [6.45, 7) is 6.63. The van der Waals surface area contributed by atoms with Crippen LogP contribution in [0.3, 0.4) is 0 Å². The molecule has 7 nitrogen and oxygen atoms in total. The van der Waals surface area contributed by atoms with Gasteiger partial charge in [-0.1, -0.05) is 0 Å². The van der Waals surface area contributed by atoms with Gasteiger partial charge >= 0.3 is 11.9 Å². The number of esters is 2. The summed E-state index contributed by atoms with van der Waals surface area (Å²) in [6.07, 6.45) is 1.51. The number of aromatic nitrogens is 2. The highest BCUT2D eigenvalue weighted by Crippen LogP contribution is 2.18. The number of hydrogen-bond acceptors (Lipinski definition) is 6. The molecular formula is C17H19BrN2O5. The Kier molecular flexibility index (Phi) is 5.62. The van der Waals surface area contributed by atoms with E-state index in [1.165, 1.54) is 12.3 Å². The number of carbonyl (C=O) groups excluding carboxylic acids is 2. The number of halogens is 1. The number of nitrogens with zero attached hydrogens (tertiary/aromatic N) is 2. The molecule has 0 spiro atoms. The summed E-state index contributed by atoms with van der Waals surface area (Å²) in [5.74, 6) is -1.34. The van der Waals surface area contributed by atoms with Gasteiger partial charge in [-0.25, -0.2) is 9.78 Å². The molecule has 0 saturated heterocycles. The molecule has 0 aliphatic heterocycles. The van der Waals surface area contributed by atoms with Crippen molar-refractivity contribution in [1.82, 2.24) is 9.55 Å². The predicted molar refractivity (Wildman–Crippen MR) is 95.5 cm³/mol. The average molecular weight is 411 g/mol. The Morgan fingerprint density at radius 2 is 1.96 bits per heavy atom. The van der Waals surface area contributed by atoms with Crippen LogP contribution in [-0.2, 0) is 20.8 Å². The summed E-state index contributed by atoms with van der Waals surface area (Å²) in [4.78, 5) is 41.1. The molecule has 0 radical (unpaired) electrons. The Bertz CT molecular complexity index is 883. The molecular weight excluding hydrogens is 392 g/mol. The molecule has 2 aromatic rings. The molecule has 0 unspecified atom stereocenters. The van der Waals surface area contributed by atoms with E-state index < -0.39 is 23.1 Å². The third kappa shape index (κ3) is 4.66. The van der Waals surface area contributed by atoms with Crippen LogP contribution < -0.4 is 5.56 Å². The Labute approximate surface area is 153 Å². The number of pyridine rings is 2. The van der Waals surface area contributed by atoms with Crippen LogP contribution in [0.5, 0.6) is 0 Å². The van der Waals surface area contributed by atoms with Crippen molar-refractivity contribution in [1.29, 1.82) is 0 Å². The Morgan fingerprint density at radius 1 is 1.28 bits per heavy atom. The van der Waals surface area contributed by atoms with Crippen molar-refractivity contribution in [2.24, 2.45) is 0 Å². The molecule has 0 atom stereocenters. The summed E-state index contributed by atoms with van der Waals surface area (Å²) in [5, 5.41) is 0.528. The fourth-order valence-corrected chi connectivity index (χ4v) is 2.59. The molecule has 134 valence electrons. The lowest BCUT2D eigenvalue weighted by Gasteiger charge is -2.20. The Morgan fingerprint density at radius 3 is 2.56 bits per heavy atom. The van der Waals surface area contributed by atoms with Crippen molar-refractivity contribution in [2.75, 3.05) is 6.61 Å². The number of hydrogen-bond donors (Lipinski definition) is 0. The van der Waals surface area contributed by atoms with Gasteiger partial charge in [0, 0.05) is 16.1 Å². The second-order valence-electron chi connectivity index (χ2n) is 6.32. The van der Waals surface area contributed by atoms with Gasteiger partial charge in [-0.05, 0) is 55.8 Å². The van der Waals surface area contributed by atoms with Gasteiger partial charge in [0.1, 0.15) is 23.4 Å². The van der Waals surface area contributed by atoms with Gasteiger partial charge in [0.05, 0.1) is 6.61 Å². The molecule has 25 heavy (non-hydrogen) atoms. The zero-order chi connectivity index (χ0) is 18.8. The Balaban J connectivity index is 2.59. The van der Waals surface area contributed by atoms with Crippen molar-refractivity contribution in [3.63, 3.8) is 0 Å². The van der Waals surface area contributed by atoms with E-state index >= 15 is 0 Å². The second kappa shape index (κ2) is 7.35. The van der Waals surface area contributed by atoms with Gasteiger partial charge in [0.25, 0.3) is 5.56 Å². The minimum absolute atomic E-state index is 0.138. The Hall–Kier alpha value is -2.22. The summed E-state index contributed by atoms with van der Waals surface area (Å²) in [6, 6.07) is 3.12. The standard InChI is InChI=1S/C17H19BrN2O5/c1-5-24-16(23)12-7-10-6-11(18)8-19-14(10)20(15(12)22)9-13(21)25-17(2,3)4/h6-8H,5,9H2,1-4H3. The maximum atomic E-state index is 12.7. The van der Waals surface area contributed by atoms with Gasteiger partial charge in [-0.15, -0.1) is 0 Å². The van der Waals surface area contributed by atoms with Crippen LogP contribution >= 0.6 is 15.9 Å². The first kappa shape index (κ1) is 19.1. The molecule has 0 aliphatic rings. The monoisotopic (exact) mass is 410 g/mol. The smallest absolute Gasteiger partial charge is 0.343 e. The highest BCUT2D eigenvalue weighted by atomic mass is 79.9. The minimum atomic E-state index is -0.743. The quantitative estimate of drug-likeness (QED) is 0.719. The first-order chi connectivity index (χ1) is 11.6. The van der Waals surface area contributed by atoms with Crippen molar-refractivity contribution < 1.29 is 19.1 Å². The van der Waals surface area contributed by atoms with Gasteiger partial charge in [0.15, 0.2) is 0 Å². The lowest BCUT2D eigenvalue weighted by molar-refractivity contribution is -0.155. The van der Waals surface area contributed by atoms with E-state index in [0.717, 1.165) is 4.57 Å². The maximum absolute atomic E-state index is 12.7. The SMILES string of the molecule is CCOC(=O)c1cc2cc(Br)cnc2n(CC(=O)OC(C)(C)C)c1=O. The van der Waals surface area contributed by atoms with E-state index in [4.69, 9.17) is 9.47 Å². The lowest BCUT2D eigenvalue weighted by Crippen LogP contribution is -2.33. The van der Waals surface area contributed by atoms with Crippen molar-refractivity contribution in [3.8, 4) is 0 Å². The maximum Gasteiger partial charge on any atom is 0.343 e. The summed E-state index contributed by atoms with van der Waals surface area (Å²) < 4.78 is 12.0. The lowest BCUT2D eigenvalue weighted by atomic mass is 10.2. The van der Waals surface area contributed by atoms with Crippen LogP contribution in [0.25, 0.3) is 11.0 Å². The normalized spacial score (nSPS) is 11.4. The van der Waals surface area contributed by atoms with Crippen LogP contribution in [0.1, 0.15) is 38.1 Å². The van der Waals surface area contributed by atoms with E-state index in [-0.39, 0.29) is 24.4 Å². The third-order valence-corrected chi connectivity index (χ3v) is 3.53. The van der Waals surface area contributed by atoms with Crippen LogP contribution in [0.4, 0.5) is 0 Å². The molecule has 2 heterocycles. The van der Waals surface area contributed by atoms with Crippen LogP contribution in [0.15, 0.2) is 27.6 Å². The molecule has 0 amide bonds. The molecule has 0 aromatic carbocycles. The van der Waals surface area contributed by atoms with E-state index in [1.54, 1.807) is 33.8 Å². The zero-order valence-corrected chi connectivity index (χ0v) is 16.0. The average Bonchev–Trinajstić information content (AvgIpc) is 2.48. The van der Waals surface area contributed by atoms with Gasteiger partial charge in [-0.3, -0.25) is 14.2 Å².